The smallest absolute Gasteiger partial charge is 0.191 e. The fraction of sp³-hybridized carbons (Fsp3) is 0.533. The summed E-state index contributed by atoms with van der Waals surface area (Å²) in [6.07, 6.45) is 0.940. The van der Waals surface area contributed by atoms with E-state index in [1.165, 1.54) is 5.56 Å². The van der Waals surface area contributed by atoms with Crippen LogP contribution < -0.4 is 10.6 Å². The summed E-state index contributed by atoms with van der Waals surface area (Å²) < 4.78 is 10.3. The number of nitrogens with zero attached hydrogens (tertiary/aromatic N) is 1. The molecule has 2 N–H and O–H groups in total. The van der Waals surface area contributed by atoms with E-state index in [4.69, 9.17) is 9.47 Å². The number of nitrogens with one attached hydrogen (secondary N) is 2. The highest BCUT2D eigenvalue weighted by atomic mass is 16.5. The van der Waals surface area contributed by atoms with Gasteiger partial charge in [-0.3, -0.25) is 4.99 Å². The predicted octanol–water partition coefficient (Wildman–Crippen LogP) is 1.40. The molecule has 112 valence electrons. The maximum Gasteiger partial charge on any atom is 0.191 e. The summed E-state index contributed by atoms with van der Waals surface area (Å²) in [5.41, 5.74) is 1.23. The van der Waals surface area contributed by atoms with Crippen LogP contribution >= 0.6 is 0 Å². The topological polar surface area (TPSA) is 54.9 Å². The molecule has 0 fully saturated rings. The zero-order chi connectivity index (χ0) is 14.5. The molecule has 5 nitrogen and oxygen atoms in total. The molecule has 0 heterocycles. The minimum absolute atomic E-state index is 0.647. The van der Waals surface area contributed by atoms with E-state index in [2.05, 4.69) is 27.8 Å². The Labute approximate surface area is 121 Å². The number of aliphatic imine (C=N–C) groups is 1. The van der Waals surface area contributed by atoms with E-state index >= 15 is 0 Å². The molecule has 0 atom stereocenters. The molecule has 1 aromatic rings. The van der Waals surface area contributed by atoms with Gasteiger partial charge in [-0.05, 0) is 12.0 Å². The Morgan fingerprint density at radius 1 is 1.10 bits per heavy atom. The van der Waals surface area contributed by atoms with Crippen LogP contribution in [0, 0.1) is 0 Å². The monoisotopic (exact) mass is 279 g/mol. The summed E-state index contributed by atoms with van der Waals surface area (Å²) in [6.45, 7) is 3.63. The van der Waals surface area contributed by atoms with Crippen LogP contribution in [-0.4, -0.2) is 46.5 Å². The largest absolute Gasteiger partial charge is 0.382 e. The van der Waals surface area contributed by atoms with Crippen molar-refractivity contribution in [2.24, 2.45) is 4.99 Å². The van der Waals surface area contributed by atoms with Gasteiger partial charge in [-0.15, -0.1) is 0 Å². The highest BCUT2D eigenvalue weighted by Crippen LogP contribution is 1.96. The van der Waals surface area contributed by atoms with Gasteiger partial charge in [0, 0.05) is 33.9 Å². The third kappa shape index (κ3) is 7.76. The van der Waals surface area contributed by atoms with E-state index in [1.54, 1.807) is 14.2 Å². The first-order valence-electron chi connectivity index (χ1n) is 6.92. The lowest BCUT2D eigenvalue weighted by molar-refractivity contribution is 0.0698. The first kappa shape index (κ1) is 16.5. The van der Waals surface area contributed by atoms with Gasteiger partial charge in [0.1, 0.15) is 0 Å². The molecule has 0 spiro atoms. The van der Waals surface area contributed by atoms with E-state index in [0.717, 1.165) is 32.1 Å². The van der Waals surface area contributed by atoms with Crippen LogP contribution in [0.2, 0.25) is 0 Å². The minimum atomic E-state index is 0.647. The molecule has 0 unspecified atom stereocenters. The summed E-state index contributed by atoms with van der Waals surface area (Å²) in [4.78, 5) is 4.18. The van der Waals surface area contributed by atoms with Gasteiger partial charge in [-0.2, -0.15) is 0 Å². The Bertz CT molecular complexity index is 369. The van der Waals surface area contributed by atoms with Crippen molar-refractivity contribution in [1.82, 2.24) is 10.6 Å². The van der Waals surface area contributed by atoms with Crippen molar-refractivity contribution in [1.29, 1.82) is 0 Å². The summed E-state index contributed by atoms with van der Waals surface area (Å²) in [5.74, 6) is 0.811. The van der Waals surface area contributed by atoms with Crippen LogP contribution in [0.4, 0.5) is 0 Å². The Morgan fingerprint density at radius 3 is 2.60 bits per heavy atom. The van der Waals surface area contributed by atoms with Gasteiger partial charge in [0.05, 0.1) is 13.2 Å². The molecule has 0 aliphatic rings. The van der Waals surface area contributed by atoms with Crippen LogP contribution in [-0.2, 0) is 16.0 Å². The lowest BCUT2D eigenvalue weighted by Crippen LogP contribution is -2.37. The first-order chi connectivity index (χ1) is 9.86. The fourth-order valence-electron chi connectivity index (χ4n) is 1.63. The normalized spacial score (nSPS) is 11.4. The second-order valence-corrected chi connectivity index (χ2v) is 4.30. The molecule has 0 saturated heterocycles. The second kappa shape index (κ2) is 11.3. The molecule has 5 heteroatoms. The van der Waals surface area contributed by atoms with Gasteiger partial charge in [0.2, 0.25) is 0 Å². The SMILES string of the molecule is CN=C(NCCCOCCOC)NCc1ccccc1. The number of ether oxygens (including phenoxy) is 2. The molecule has 0 aliphatic heterocycles. The molecule has 0 bridgehead atoms. The molecule has 0 aliphatic carbocycles. The maximum absolute atomic E-state index is 5.39. The predicted molar refractivity (Wildman–Crippen MR) is 82.0 cm³/mol. The minimum Gasteiger partial charge on any atom is -0.382 e. The Hall–Kier alpha value is -1.59. The molecule has 0 amide bonds. The van der Waals surface area contributed by atoms with Gasteiger partial charge in [0.15, 0.2) is 5.96 Å². The van der Waals surface area contributed by atoms with E-state index < -0.39 is 0 Å². The zero-order valence-electron chi connectivity index (χ0n) is 12.4. The van der Waals surface area contributed by atoms with E-state index in [0.29, 0.717) is 13.2 Å². The number of hydrogen-bond acceptors (Lipinski definition) is 3. The van der Waals surface area contributed by atoms with Crippen molar-refractivity contribution in [3.05, 3.63) is 35.9 Å². The standard InChI is InChI=1S/C15H25N3O2/c1-16-15(17-9-6-10-20-12-11-19-2)18-13-14-7-4-3-5-8-14/h3-5,7-8H,6,9-13H2,1-2H3,(H2,16,17,18). The number of hydrogen-bond donors (Lipinski definition) is 2. The van der Waals surface area contributed by atoms with Crippen LogP contribution in [0.15, 0.2) is 35.3 Å². The quantitative estimate of drug-likeness (QED) is 0.408. The van der Waals surface area contributed by atoms with Crippen molar-refractivity contribution < 1.29 is 9.47 Å². The Balaban J connectivity index is 2.08. The summed E-state index contributed by atoms with van der Waals surface area (Å²) in [7, 11) is 3.45. The van der Waals surface area contributed by atoms with Gasteiger partial charge >= 0.3 is 0 Å². The number of benzene rings is 1. The van der Waals surface area contributed by atoms with E-state index in [-0.39, 0.29) is 0 Å². The Kier molecular flexibility index (Phi) is 9.26. The molecule has 1 rings (SSSR count). The second-order valence-electron chi connectivity index (χ2n) is 4.30. The maximum atomic E-state index is 5.39. The molecular formula is C15H25N3O2. The summed E-state index contributed by atoms with van der Waals surface area (Å²) in [5, 5.41) is 6.53. The molecule has 20 heavy (non-hydrogen) atoms. The summed E-state index contributed by atoms with van der Waals surface area (Å²) >= 11 is 0. The van der Waals surface area contributed by atoms with Crippen LogP contribution in [0.5, 0.6) is 0 Å². The van der Waals surface area contributed by atoms with E-state index in [9.17, 15) is 0 Å². The van der Waals surface area contributed by atoms with Gasteiger partial charge in [0.25, 0.3) is 0 Å². The number of methoxy groups -OCH3 is 1. The third-order valence-corrected chi connectivity index (χ3v) is 2.72. The van der Waals surface area contributed by atoms with Crippen molar-refractivity contribution in [2.45, 2.75) is 13.0 Å². The van der Waals surface area contributed by atoms with Crippen molar-refractivity contribution >= 4 is 5.96 Å². The fourth-order valence-corrected chi connectivity index (χ4v) is 1.63. The average Bonchev–Trinajstić information content (AvgIpc) is 2.50. The molecule has 1 aromatic carbocycles. The third-order valence-electron chi connectivity index (χ3n) is 2.72. The lowest BCUT2D eigenvalue weighted by Gasteiger charge is -2.12. The van der Waals surface area contributed by atoms with Crippen molar-refractivity contribution in [2.75, 3.05) is 40.5 Å². The van der Waals surface area contributed by atoms with Crippen molar-refractivity contribution in [3.8, 4) is 0 Å². The van der Waals surface area contributed by atoms with Crippen molar-refractivity contribution in [3.63, 3.8) is 0 Å². The zero-order valence-corrected chi connectivity index (χ0v) is 12.4. The lowest BCUT2D eigenvalue weighted by atomic mass is 10.2. The average molecular weight is 279 g/mol. The highest BCUT2D eigenvalue weighted by molar-refractivity contribution is 5.79. The number of rotatable bonds is 9. The summed E-state index contributed by atoms with van der Waals surface area (Å²) in [6, 6.07) is 10.3. The molecule has 0 saturated carbocycles. The number of guanidine groups is 1. The molecular weight excluding hydrogens is 254 g/mol. The van der Waals surface area contributed by atoms with Crippen LogP contribution in [0.25, 0.3) is 0 Å². The highest BCUT2D eigenvalue weighted by Gasteiger charge is 1.97. The van der Waals surface area contributed by atoms with Gasteiger partial charge in [-0.1, -0.05) is 30.3 Å². The van der Waals surface area contributed by atoms with E-state index in [1.807, 2.05) is 18.2 Å². The Morgan fingerprint density at radius 2 is 1.90 bits per heavy atom. The van der Waals surface area contributed by atoms with Gasteiger partial charge in [-0.25, -0.2) is 0 Å². The molecule has 0 radical (unpaired) electrons. The van der Waals surface area contributed by atoms with Crippen LogP contribution in [0.3, 0.4) is 0 Å². The first-order valence-corrected chi connectivity index (χ1v) is 6.92. The van der Waals surface area contributed by atoms with Gasteiger partial charge < -0.3 is 20.1 Å². The molecule has 0 aromatic heterocycles. The van der Waals surface area contributed by atoms with Crippen LogP contribution in [0.1, 0.15) is 12.0 Å².